The maximum Gasteiger partial charge on any atom is 0.255 e. The van der Waals surface area contributed by atoms with Crippen LogP contribution in [-0.2, 0) is 16.6 Å². The number of carbonyl (C=O) groups is 1. The second-order valence-electron chi connectivity index (χ2n) is 5.70. The molecule has 27 heavy (non-hydrogen) atoms. The Kier molecular flexibility index (Phi) is 5.59. The molecule has 9 heteroatoms. The van der Waals surface area contributed by atoms with Crippen molar-refractivity contribution < 1.29 is 13.2 Å². The molecule has 1 heterocycles. The molecular formula is C18H17ClN4O3S. The highest BCUT2D eigenvalue weighted by atomic mass is 35.5. The van der Waals surface area contributed by atoms with Crippen LogP contribution in [0.15, 0.2) is 59.6 Å². The SMILES string of the molecule is CNS(=O)(=O)c1cccc(CNC(=O)c2cn[nH]c2-c2ccc(Cl)cc2)c1. The van der Waals surface area contributed by atoms with Crippen LogP contribution in [0.1, 0.15) is 15.9 Å². The number of amides is 1. The zero-order chi connectivity index (χ0) is 19.4. The van der Waals surface area contributed by atoms with Gasteiger partial charge in [0.15, 0.2) is 0 Å². The van der Waals surface area contributed by atoms with E-state index in [1.54, 1.807) is 36.4 Å². The van der Waals surface area contributed by atoms with Crippen molar-refractivity contribution in [2.75, 3.05) is 7.05 Å². The third-order valence-electron chi connectivity index (χ3n) is 3.95. The van der Waals surface area contributed by atoms with Gasteiger partial charge < -0.3 is 5.32 Å². The van der Waals surface area contributed by atoms with Gasteiger partial charge in [0, 0.05) is 17.1 Å². The van der Waals surface area contributed by atoms with Crippen LogP contribution in [0.5, 0.6) is 0 Å². The molecule has 7 nitrogen and oxygen atoms in total. The molecule has 0 unspecified atom stereocenters. The largest absolute Gasteiger partial charge is 0.348 e. The van der Waals surface area contributed by atoms with Gasteiger partial charge in [0.2, 0.25) is 10.0 Å². The zero-order valence-corrected chi connectivity index (χ0v) is 15.9. The number of aromatic nitrogens is 2. The number of aromatic amines is 1. The normalized spacial score (nSPS) is 11.3. The van der Waals surface area contributed by atoms with Gasteiger partial charge in [-0.1, -0.05) is 35.9 Å². The van der Waals surface area contributed by atoms with Crippen LogP contribution in [-0.4, -0.2) is 31.6 Å². The molecule has 1 aromatic heterocycles. The Bertz CT molecular complexity index is 1060. The molecule has 0 aliphatic heterocycles. The maximum absolute atomic E-state index is 12.6. The summed E-state index contributed by atoms with van der Waals surface area (Å²) in [6.07, 6.45) is 1.45. The number of carbonyl (C=O) groups excluding carboxylic acids is 1. The Morgan fingerprint density at radius 1 is 1.19 bits per heavy atom. The van der Waals surface area contributed by atoms with Gasteiger partial charge in [-0.2, -0.15) is 5.10 Å². The second kappa shape index (κ2) is 7.91. The van der Waals surface area contributed by atoms with Crippen molar-refractivity contribution in [1.82, 2.24) is 20.2 Å². The van der Waals surface area contributed by atoms with Crippen LogP contribution in [0, 0.1) is 0 Å². The Labute approximate surface area is 161 Å². The lowest BCUT2D eigenvalue weighted by molar-refractivity contribution is 0.0951. The maximum atomic E-state index is 12.6. The van der Waals surface area contributed by atoms with Gasteiger partial charge in [0.25, 0.3) is 5.91 Å². The van der Waals surface area contributed by atoms with E-state index in [-0.39, 0.29) is 17.3 Å². The molecule has 0 bridgehead atoms. The minimum atomic E-state index is -3.54. The summed E-state index contributed by atoms with van der Waals surface area (Å²) in [6.45, 7) is 0.178. The van der Waals surface area contributed by atoms with Gasteiger partial charge in [-0.05, 0) is 36.9 Å². The minimum absolute atomic E-state index is 0.141. The lowest BCUT2D eigenvalue weighted by atomic mass is 10.1. The molecule has 2 aromatic carbocycles. The Morgan fingerprint density at radius 3 is 2.63 bits per heavy atom. The molecule has 0 aliphatic carbocycles. The van der Waals surface area contributed by atoms with E-state index in [0.29, 0.717) is 21.8 Å². The van der Waals surface area contributed by atoms with Crippen LogP contribution in [0.25, 0.3) is 11.3 Å². The molecule has 3 aromatic rings. The first-order valence-electron chi connectivity index (χ1n) is 8.01. The van der Waals surface area contributed by atoms with Crippen molar-refractivity contribution in [3.63, 3.8) is 0 Å². The summed E-state index contributed by atoms with van der Waals surface area (Å²) < 4.78 is 26.0. The minimum Gasteiger partial charge on any atom is -0.348 e. The number of hydrogen-bond donors (Lipinski definition) is 3. The molecule has 0 spiro atoms. The van der Waals surface area contributed by atoms with Crippen LogP contribution in [0.2, 0.25) is 5.02 Å². The van der Waals surface area contributed by atoms with E-state index in [9.17, 15) is 13.2 Å². The summed E-state index contributed by atoms with van der Waals surface area (Å²) in [5.74, 6) is -0.324. The lowest BCUT2D eigenvalue weighted by Gasteiger charge is -2.08. The van der Waals surface area contributed by atoms with Crippen molar-refractivity contribution in [1.29, 1.82) is 0 Å². The summed E-state index contributed by atoms with van der Waals surface area (Å²) in [5, 5.41) is 10.1. The molecule has 0 atom stereocenters. The van der Waals surface area contributed by atoms with Gasteiger partial charge in [-0.3, -0.25) is 9.89 Å². The number of benzene rings is 2. The van der Waals surface area contributed by atoms with Gasteiger partial charge in [-0.25, -0.2) is 13.1 Å². The number of halogens is 1. The molecule has 0 saturated heterocycles. The lowest BCUT2D eigenvalue weighted by Crippen LogP contribution is -2.23. The molecule has 140 valence electrons. The highest BCUT2D eigenvalue weighted by Crippen LogP contribution is 2.23. The number of nitrogens with one attached hydrogen (secondary N) is 3. The number of rotatable bonds is 6. The standard InChI is InChI=1S/C18H17ClN4O3S/c1-20-27(25,26)15-4-2-3-12(9-15)10-21-18(24)16-11-22-23-17(16)13-5-7-14(19)8-6-13/h2-9,11,20H,10H2,1H3,(H,21,24)(H,22,23). The smallest absolute Gasteiger partial charge is 0.255 e. The number of sulfonamides is 1. The first kappa shape index (κ1) is 19.1. The van der Waals surface area contributed by atoms with Crippen molar-refractivity contribution >= 4 is 27.5 Å². The van der Waals surface area contributed by atoms with E-state index >= 15 is 0 Å². The first-order valence-corrected chi connectivity index (χ1v) is 9.87. The third kappa shape index (κ3) is 4.36. The van der Waals surface area contributed by atoms with Crippen LogP contribution < -0.4 is 10.0 Å². The molecule has 0 aliphatic rings. The fraction of sp³-hybridized carbons (Fsp3) is 0.111. The Hall–Kier alpha value is -2.68. The summed E-state index contributed by atoms with van der Waals surface area (Å²) in [5.41, 5.74) is 2.41. The highest BCUT2D eigenvalue weighted by Gasteiger charge is 2.16. The van der Waals surface area contributed by atoms with E-state index < -0.39 is 10.0 Å². The number of nitrogens with zero attached hydrogens (tertiary/aromatic N) is 1. The topological polar surface area (TPSA) is 104 Å². The average molecular weight is 405 g/mol. The zero-order valence-electron chi connectivity index (χ0n) is 14.4. The molecule has 3 N–H and O–H groups in total. The molecular weight excluding hydrogens is 388 g/mol. The van der Waals surface area contributed by atoms with E-state index in [2.05, 4.69) is 20.2 Å². The summed E-state index contributed by atoms with van der Waals surface area (Å²) in [6, 6.07) is 13.4. The second-order valence-corrected chi connectivity index (χ2v) is 8.03. The Morgan fingerprint density at radius 2 is 1.93 bits per heavy atom. The molecule has 1 amide bonds. The Balaban J connectivity index is 1.75. The van der Waals surface area contributed by atoms with Crippen molar-refractivity contribution in [3.05, 3.63) is 70.9 Å². The van der Waals surface area contributed by atoms with Crippen molar-refractivity contribution in [2.45, 2.75) is 11.4 Å². The average Bonchev–Trinajstić information content (AvgIpc) is 3.17. The van der Waals surface area contributed by atoms with Crippen LogP contribution in [0.3, 0.4) is 0 Å². The number of H-pyrrole nitrogens is 1. The van der Waals surface area contributed by atoms with E-state index in [4.69, 9.17) is 11.6 Å². The van der Waals surface area contributed by atoms with Gasteiger partial charge >= 0.3 is 0 Å². The van der Waals surface area contributed by atoms with Gasteiger partial charge in [-0.15, -0.1) is 0 Å². The fourth-order valence-electron chi connectivity index (χ4n) is 2.51. The van der Waals surface area contributed by atoms with Crippen LogP contribution in [0.4, 0.5) is 0 Å². The van der Waals surface area contributed by atoms with Crippen molar-refractivity contribution in [2.24, 2.45) is 0 Å². The summed E-state index contributed by atoms with van der Waals surface area (Å²) in [7, 11) is -2.19. The quantitative estimate of drug-likeness (QED) is 0.587. The summed E-state index contributed by atoms with van der Waals surface area (Å²) >= 11 is 5.90. The monoisotopic (exact) mass is 404 g/mol. The molecule has 0 fully saturated rings. The van der Waals surface area contributed by atoms with E-state index in [1.165, 1.54) is 25.4 Å². The van der Waals surface area contributed by atoms with E-state index in [0.717, 1.165) is 5.56 Å². The van der Waals surface area contributed by atoms with Crippen molar-refractivity contribution in [3.8, 4) is 11.3 Å². The fourth-order valence-corrected chi connectivity index (χ4v) is 3.44. The van der Waals surface area contributed by atoms with Gasteiger partial charge in [0.05, 0.1) is 22.3 Å². The predicted octanol–water partition coefficient (Wildman–Crippen LogP) is 2.57. The predicted molar refractivity (Wildman–Crippen MR) is 103 cm³/mol. The van der Waals surface area contributed by atoms with Crippen LogP contribution >= 0.6 is 11.6 Å². The molecule has 0 saturated carbocycles. The summed E-state index contributed by atoms with van der Waals surface area (Å²) in [4.78, 5) is 12.7. The third-order valence-corrected chi connectivity index (χ3v) is 5.61. The van der Waals surface area contributed by atoms with Gasteiger partial charge in [0.1, 0.15) is 0 Å². The first-order chi connectivity index (χ1) is 12.9. The highest BCUT2D eigenvalue weighted by molar-refractivity contribution is 7.89. The molecule has 0 radical (unpaired) electrons. The number of hydrogen-bond acceptors (Lipinski definition) is 4. The molecule has 3 rings (SSSR count). The van der Waals surface area contributed by atoms with E-state index in [1.807, 2.05) is 0 Å².